The average Bonchev–Trinajstić information content (AvgIpc) is 2.65. The molecular weight excluding hydrogens is 424 g/mol. The molecule has 2 aromatic rings. The lowest BCUT2D eigenvalue weighted by atomic mass is 10.1. The van der Waals surface area contributed by atoms with Crippen molar-refractivity contribution in [2.45, 2.75) is 25.5 Å². The van der Waals surface area contributed by atoms with E-state index in [1.807, 2.05) is 6.26 Å². The van der Waals surface area contributed by atoms with Gasteiger partial charge in [0, 0.05) is 5.02 Å². The van der Waals surface area contributed by atoms with Crippen LogP contribution < -0.4 is 5.32 Å². The number of halogens is 3. The van der Waals surface area contributed by atoms with Crippen molar-refractivity contribution in [1.82, 2.24) is 5.32 Å². The molecule has 2 aromatic carbocycles. The Labute approximate surface area is 177 Å². The smallest absolute Gasteiger partial charge is 0.329 e. The Balaban J connectivity index is 2.09. The zero-order valence-electron chi connectivity index (χ0n) is 15.4. The van der Waals surface area contributed by atoms with Crippen molar-refractivity contribution in [3.63, 3.8) is 0 Å². The van der Waals surface area contributed by atoms with Gasteiger partial charge in [0.25, 0.3) is 5.91 Å². The van der Waals surface area contributed by atoms with Crippen LogP contribution >= 0.6 is 35.0 Å². The van der Waals surface area contributed by atoms with Gasteiger partial charge in [0.05, 0.1) is 10.6 Å². The van der Waals surface area contributed by atoms with Crippen molar-refractivity contribution in [2.75, 3.05) is 12.0 Å². The van der Waals surface area contributed by atoms with E-state index in [-0.39, 0.29) is 16.4 Å². The topological polar surface area (TPSA) is 55.4 Å². The zero-order valence-corrected chi connectivity index (χ0v) is 17.7. The van der Waals surface area contributed by atoms with E-state index >= 15 is 0 Å². The second kappa shape index (κ2) is 10.7. The van der Waals surface area contributed by atoms with Crippen molar-refractivity contribution >= 4 is 46.8 Å². The minimum atomic E-state index is -0.838. The van der Waals surface area contributed by atoms with E-state index in [9.17, 15) is 14.0 Å². The van der Waals surface area contributed by atoms with E-state index in [2.05, 4.69) is 5.32 Å². The van der Waals surface area contributed by atoms with E-state index in [1.165, 1.54) is 24.3 Å². The lowest BCUT2D eigenvalue weighted by Crippen LogP contribution is -2.42. The van der Waals surface area contributed by atoms with Crippen LogP contribution in [0, 0.1) is 5.82 Å². The zero-order chi connectivity index (χ0) is 20.7. The molecule has 1 N–H and O–H groups in total. The standard InChI is InChI=1S/C20H20Cl2FNO3S/c1-12(13-3-6-15(23)7-4-13)27-20(26)18(9-10-28-2)24-19(25)16-8-5-14(21)11-17(16)22/h3-8,11-12,18H,9-10H2,1-2H3,(H,24,25). The largest absolute Gasteiger partial charge is 0.456 e. The Bertz CT molecular complexity index is 833. The molecule has 28 heavy (non-hydrogen) atoms. The van der Waals surface area contributed by atoms with E-state index in [1.54, 1.807) is 36.9 Å². The highest BCUT2D eigenvalue weighted by Crippen LogP contribution is 2.22. The number of benzene rings is 2. The molecule has 0 bridgehead atoms. The third-order valence-electron chi connectivity index (χ3n) is 4.01. The first kappa shape index (κ1) is 22.5. The number of rotatable bonds is 8. The Morgan fingerprint density at radius 3 is 2.46 bits per heavy atom. The van der Waals surface area contributed by atoms with Crippen LogP contribution in [0.4, 0.5) is 4.39 Å². The Morgan fingerprint density at radius 1 is 1.18 bits per heavy atom. The van der Waals surface area contributed by atoms with Crippen molar-refractivity contribution in [1.29, 1.82) is 0 Å². The number of ether oxygens (including phenoxy) is 1. The molecule has 2 unspecified atom stereocenters. The Kier molecular flexibility index (Phi) is 8.60. The van der Waals surface area contributed by atoms with E-state index < -0.39 is 24.0 Å². The molecule has 1 amide bonds. The maximum Gasteiger partial charge on any atom is 0.329 e. The summed E-state index contributed by atoms with van der Waals surface area (Å²) in [5.41, 5.74) is 0.880. The summed E-state index contributed by atoms with van der Waals surface area (Å²) >= 11 is 13.5. The average molecular weight is 444 g/mol. The number of thioether (sulfide) groups is 1. The van der Waals surface area contributed by atoms with Crippen LogP contribution in [0.25, 0.3) is 0 Å². The minimum Gasteiger partial charge on any atom is -0.456 e. The summed E-state index contributed by atoms with van der Waals surface area (Å²) in [6.45, 7) is 1.69. The fraction of sp³-hybridized carbons (Fsp3) is 0.300. The molecule has 0 aliphatic heterocycles. The number of carbonyl (C=O) groups excluding carboxylic acids is 2. The van der Waals surface area contributed by atoms with E-state index in [0.717, 1.165) is 0 Å². The quantitative estimate of drug-likeness (QED) is 0.563. The molecule has 2 rings (SSSR count). The van der Waals surface area contributed by atoms with E-state index in [4.69, 9.17) is 27.9 Å². The Morgan fingerprint density at radius 2 is 1.86 bits per heavy atom. The minimum absolute atomic E-state index is 0.196. The van der Waals surface area contributed by atoms with Crippen molar-refractivity contribution < 1.29 is 18.7 Å². The number of nitrogens with one attached hydrogen (secondary N) is 1. The Hall–Kier alpha value is -1.76. The van der Waals surface area contributed by atoms with Gasteiger partial charge in [-0.2, -0.15) is 11.8 Å². The molecule has 8 heteroatoms. The van der Waals surface area contributed by atoms with Crippen LogP contribution in [0.2, 0.25) is 10.0 Å². The normalized spacial score (nSPS) is 12.9. The van der Waals surface area contributed by atoms with Crippen LogP contribution in [-0.4, -0.2) is 29.9 Å². The number of amides is 1. The molecule has 0 saturated heterocycles. The molecular formula is C20H20Cl2FNO3S. The van der Waals surface area contributed by atoms with Gasteiger partial charge in [-0.15, -0.1) is 0 Å². The molecule has 4 nitrogen and oxygen atoms in total. The molecule has 0 aliphatic rings. The van der Waals surface area contributed by atoms with Gasteiger partial charge in [-0.1, -0.05) is 35.3 Å². The molecule has 0 aromatic heterocycles. The first-order valence-electron chi connectivity index (χ1n) is 8.52. The van der Waals surface area contributed by atoms with E-state index in [0.29, 0.717) is 22.8 Å². The fourth-order valence-electron chi connectivity index (χ4n) is 2.45. The summed E-state index contributed by atoms with van der Waals surface area (Å²) in [4.78, 5) is 25.2. The number of carbonyl (C=O) groups is 2. The number of hydrogen-bond acceptors (Lipinski definition) is 4. The van der Waals surface area contributed by atoms with Crippen LogP contribution in [-0.2, 0) is 9.53 Å². The molecule has 0 spiro atoms. The third-order valence-corrected chi connectivity index (χ3v) is 5.20. The van der Waals surface area contributed by atoms with Crippen molar-refractivity contribution in [3.8, 4) is 0 Å². The van der Waals surface area contributed by atoms with Crippen molar-refractivity contribution in [3.05, 3.63) is 69.5 Å². The molecule has 2 atom stereocenters. The third kappa shape index (κ3) is 6.40. The molecule has 0 aliphatic carbocycles. The lowest BCUT2D eigenvalue weighted by Gasteiger charge is -2.21. The first-order valence-corrected chi connectivity index (χ1v) is 10.7. The summed E-state index contributed by atoms with van der Waals surface area (Å²) in [5, 5.41) is 3.29. The maximum absolute atomic E-state index is 13.1. The second-order valence-corrected chi connectivity index (χ2v) is 7.89. The van der Waals surface area contributed by atoms with Gasteiger partial charge in [-0.05, 0) is 61.2 Å². The van der Waals surface area contributed by atoms with Gasteiger partial charge in [0.2, 0.25) is 0 Å². The molecule has 0 saturated carbocycles. The summed E-state index contributed by atoms with van der Waals surface area (Å²) in [6, 6.07) is 9.38. The highest BCUT2D eigenvalue weighted by molar-refractivity contribution is 7.98. The van der Waals surface area contributed by atoms with Gasteiger partial charge in [0.15, 0.2) is 0 Å². The highest BCUT2D eigenvalue weighted by Gasteiger charge is 2.25. The monoisotopic (exact) mass is 443 g/mol. The van der Waals surface area contributed by atoms with Gasteiger partial charge >= 0.3 is 5.97 Å². The van der Waals surface area contributed by atoms with Crippen LogP contribution in [0.15, 0.2) is 42.5 Å². The van der Waals surface area contributed by atoms with Crippen LogP contribution in [0.1, 0.15) is 35.4 Å². The molecule has 0 heterocycles. The van der Waals surface area contributed by atoms with Gasteiger partial charge in [-0.3, -0.25) is 4.79 Å². The fourth-order valence-corrected chi connectivity index (χ4v) is 3.42. The number of hydrogen-bond donors (Lipinski definition) is 1. The predicted octanol–water partition coefficient (Wildman–Crippen LogP) is 5.29. The molecule has 150 valence electrons. The van der Waals surface area contributed by atoms with Crippen LogP contribution in [0.5, 0.6) is 0 Å². The summed E-state index contributed by atoms with van der Waals surface area (Å²) in [7, 11) is 0. The maximum atomic E-state index is 13.1. The lowest BCUT2D eigenvalue weighted by molar-refractivity contribution is -0.151. The summed E-state index contributed by atoms with van der Waals surface area (Å²) < 4.78 is 18.5. The highest BCUT2D eigenvalue weighted by atomic mass is 35.5. The summed E-state index contributed by atoms with van der Waals surface area (Å²) in [6.07, 6.45) is 1.72. The van der Waals surface area contributed by atoms with Crippen LogP contribution in [0.3, 0.4) is 0 Å². The van der Waals surface area contributed by atoms with Gasteiger partial charge < -0.3 is 10.1 Å². The second-order valence-electron chi connectivity index (χ2n) is 6.06. The summed E-state index contributed by atoms with van der Waals surface area (Å²) in [5.74, 6) is -0.769. The predicted molar refractivity (Wildman–Crippen MR) is 112 cm³/mol. The molecule has 0 fully saturated rings. The first-order chi connectivity index (χ1) is 13.3. The van der Waals surface area contributed by atoms with Gasteiger partial charge in [0.1, 0.15) is 18.0 Å². The number of esters is 1. The molecule has 0 radical (unpaired) electrons. The van der Waals surface area contributed by atoms with Crippen molar-refractivity contribution in [2.24, 2.45) is 0 Å². The SMILES string of the molecule is CSCCC(NC(=O)c1ccc(Cl)cc1Cl)C(=O)OC(C)c1ccc(F)cc1. The van der Waals surface area contributed by atoms with Gasteiger partial charge in [-0.25, -0.2) is 9.18 Å².